The van der Waals surface area contributed by atoms with Crippen LogP contribution in [0.5, 0.6) is 0 Å². The number of halogens is 1. The lowest BCUT2D eigenvalue weighted by atomic mass is 10.1. The fraction of sp³-hybridized carbons (Fsp3) is 0.706. The van der Waals surface area contributed by atoms with Gasteiger partial charge in [-0.1, -0.05) is 27.7 Å². The van der Waals surface area contributed by atoms with E-state index in [1.54, 1.807) is 0 Å². The molecule has 3 heteroatoms. The lowest BCUT2D eigenvalue weighted by molar-refractivity contribution is 0.534. The highest BCUT2D eigenvalue weighted by atomic mass is 35.5. The van der Waals surface area contributed by atoms with Gasteiger partial charge in [-0.2, -0.15) is 0 Å². The molecule has 0 aliphatic heterocycles. The van der Waals surface area contributed by atoms with Gasteiger partial charge in [0.1, 0.15) is 0 Å². The van der Waals surface area contributed by atoms with Crippen molar-refractivity contribution in [2.45, 2.75) is 53.3 Å². The lowest BCUT2D eigenvalue weighted by Crippen LogP contribution is -2.28. The molecule has 0 amide bonds. The third-order valence-corrected chi connectivity index (χ3v) is 3.82. The van der Waals surface area contributed by atoms with Crippen LogP contribution in [0.3, 0.4) is 0 Å². The molecule has 1 aromatic rings. The Morgan fingerprint density at radius 2 is 1.65 bits per heavy atom. The monoisotopic (exact) mass is 296 g/mol. The Hall–Kier alpha value is -0.760. The van der Waals surface area contributed by atoms with E-state index < -0.39 is 0 Å². The highest BCUT2D eigenvalue weighted by molar-refractivity contribution is 6.17. The predicted molar refractivity (Wildman–Crippen MR) is 89.7 cm³/mol. The quantitative estimate of drug-likeness (QED) is 0.626. The molecule has 0 aliphatic carbocycles. The van der Waals surface area contributed by atoms with Gasteiger partial charge in [0, 0.05) is 36.2 Å². The number of aromatic nitrogens is 1. The van der Waals surface area contributed by atoms with Gasteiger partial charge in [-0.25, -0.2) is 0 Å². The van der Waals surface area contributed by atoms with Gasteiger partial charge in [0.25, 0.3) is 0 Å². The first-order valence-corrected chi connectivity index (χ1v) is 8.24. The maximum absolute atomic E-state index is 6.09. The van der Waals surface area contributed by atoms with Crippen molar-refractivity contribution in [2.75, 3.05) is 18.0 Å². The van der Waals surface area contributed by atoms with E-state index in [1.165, 1.54) is 18.5 Å². The summed E-state index contributed by atoms with van der Waals surface area (Å²) < 4.78 is 0. The first-order chi connectivity index (χ1) is 9.43. The number of alkyl halides is 1. The second kappa shape index (κ2) is 8.51. The molecule has 0 saturated heterocycles. The van der Waals surface area contributed by atoms with E-state index in [0.717, 1.165) is 36.2 Å². The zero-order valence-electron chi connectivity index (χ0n) is 13.6. The minimum atomic E-state index is 0.530. The molecule has 1 heterocycles. The van der Waals surface area contributed by atoms with E-state index in [2.05, 4.69) is 43.6 Å². The fourth-order valence-electron chi connectivity index (χ4n) is 2.15. The van der Waals surface area contributed by atoms with Crippen molar-refractivity contribution in [3.8, 4) is 0 Å². The average molecular weight is 297 g/mol. The zero-order chi connectivity index (χ0) is 15.1. The van der Waals surface area contributed by atoms with Crippen LogP contribution >= 0.6 is 11.6 Å². The van der Waals surface area contributed by atoms with E-state index >= 15 is 0 Å². The highest BCUT2D eigenvalue weighted by Gasteiger charge is 2.13. The van der Waals surface area contributed by atoms with Gasteiger partial charge >= 0.3 is 0 Å². The Bertz CT molecular complexity index is 390. The molecule has 20 heavy (non-hydrogen) atoms. The summed E-state index contributed by atoms with van der Waals surface area (Å²) in [6, 6.07) is 2.18. The summed E-state index contributed by atoms with van der Waals surface area (Å²) in [6.07, 6.45) is 4.35. The van der Waals surface area contributed by atoms with Gasteiger partial charge < -0.3 is 4.90 Å². The Balaban J connectivity index is 2.92. The summed E-state index contributed by atoms with van der Waals surface area (Å²) in [4.78, 5) is 6.86. The van der Waals surface area contributed by atoms with E-state index in [4.69, 9.17) is 11.6 Å². The van der Waals surface area contributed by atoms with Crippen LogP contribution in [0.15, 0.2) is 12.3 Å². The van der Waals surface area contributed by atoms with Crippen molar-refractivity contribution in [2.24, 2.45) is 11.8 Å². The van der Waals surface area contributed by atoms with Crippen molar-refractivity contribution in [3.63, 3.8) is 0 Å². The van der Waals surface area contributed by atoms with Crippen LogP contribution in [-0.2, 0) is 5.88 Å². The highest BCUT2D eigenvalue weighted by Crippen LogP contribution is 2.24. The summed E-state index contributed by atoms with van der Waals surface area (Å²) in [7, 11) is 0. The third-order valence-electron chi connectivity index (χ3n) is 3.54. The number of hydrogen-bond acceptors (Lipinski definition) is 2. The van der Waals surface area contributed by atoms with Gasteiger partial charge in [-0.3, -0.25) is 4.98 Å². The van der Waals surface area contributed by atoms with E-state index in [1.807, 2.05) is 13.1 Å². The van der Waals surface area contributed by atoms with Crippen LogP contribution in [0.1, 0.15) is 51.8 Å². The van der Waals surface area contributed by atoms with Gasteiger partial charge in [-0.05, 0) is 37.7 Å². The third kappa shape index (κ3) is 5.70. The number of nitrogens with zero attached hydrogens (tertiary/aromatic N) is 2. The molecule has 0 radical (unpaired) electrons. The molecule has 0 N–H and O–H groups in total. The van der Waals surface area contributed by atoms with Crippen molar-refractivity contribution >= 4 is 17.3 Å². The second-order valence-electron chi connectivity index (χ2n) is 6.44. The van der Waals surface area contributed by atoms with Crippen LogP contribution in [0.2, 0.25) is 0 Å². The second-order valence-corrected chi connectivity index (χ2v) is 6.71. The fourth-order valence-corrected chi connectivity index (χ4v) is 2.36. The molecule has 0 spiro atoms. The molecule has 0 aromatic carbocycles. The molecule has 0 saturated carbocycles. The van der Waals surface area contributed by atoms with Crippen molar-refractivity contribution in [1.29, 1.82) is 0 Å². The van der Waals surface area contributed by atoms with Gasteiger partial charge in [0.15, 0.2) is 0 Å². The Morgan fingerprint density at radius 3 is 2.10 bits per heavy atom. The molecular formula is C17H29ClN2. The first kappa shape index (κ1) is 17.3. The van der Waals surface area contributed by atoms with Crippen LogP contribution in [0.4, 0.5) is 5.69 Å². The number of rotatable bonds is 8. The number of hydrogen-bond donors (Lipinski definition) is 0. The van der Waals surface area contributed by atoms with Gasteiger partial charge in [-0.15, -0.1) is 11.6 Å². The number of aryl methyl sites for hydroxylation is 1. The van der Waals surface area contributed by atoms with E-state index in [9.17, 15) is 0 Å². The SMILES string of the molecule is Cc1cc(N(CCC(C)C)CCC(C)C)c(CCl)cn1. The molecule has 1 aromatic heterocycles. The molecule has 0 bridgehead atoms. The molecule has 0 unspecified atom stereocenters. The molecule has 2 nitrogen and oxygen atoms in total. The predicted octanol–water partition coefficient (Wildman–Crippen LogP) is 5.03. The Labute approximate surface area is 129 Å². The normalized spacial score (nSPS) is 11.4. The standard InChI is InChI=1S/C17H29ClN2/c1-13(2)6-8-20(9-7-14(3)4)17-10-15(5)19-12-16(17)11-18/h10,12-14H,6-9,11H2,1-5H3. The molecule has 0 atom stereocenters. The van der Waals surface area contributed by atoms with Crippen molar-refractivity contribution in [3.05, 3.63) is 23.5 Å². The number of pyridine rings is 1. The maximum Gasteiger partial charge on any atom is 0.0509 e. The van der Waals surface area contributed by atoms with Crippen LogP contribution in [-0.4, -0.2) is 18.1 Å². The Kier molecular flexibility index (Phi) is 7.36. The minimum Gasteiger partial charge on any atom is -0.371 e. The lowest BCUT2D eigenvalue weighted by Gasteiger charge is -2.28. The summed E-state index contributed by atoms with van der Waals surface area (Å²) in [5.41, 5.74) is 3.48. The first-order valence-electron chi connectivity index (χ1n) is 7.70. The maximum atomic E-state index is 6.09. The van der Waals surface area contributed by atoms with Crippen LogP contribution in [0, 0.1) is 18.8 Å². The van der Waals surface area contributed by atoms with Crippen molar-refractivity contribution in [1.82, 2.24) is 4.98 Å². The molecule has 0 fully saturated rings. The topological polar surface area (TPSA) is 16.1 Å². The molecule has 1 rings (SSSR count). The smallest absolute Gasteiger partial charge is 0.0509 e. The van der Waals surface area contributed by atoms with Crippen molar-refractivity contribution < 1.29 is 0 Å². The summed E-state index contributed by atoms with van der Waals surface area (Å²) in [5, 5.41) is 0. The summed E-state index contributed by atoms with van der Waals surface area (Å²) in [6.45, 7) is 13.4. The Morgan fingerprint density at radius 1 is 1.10 bits per heavy atom. The molecular weight excluding hydrogens is 268 g/mol. The van der Waals surface area contributed by atoms with Gasteiger partial charge in [0.2, 0.25) is 0 Å². The molecule has 114 valence electrons. The van der Waals surface area contributed by atoms with E-state index in [0.29, 0.717) is 5.88 Å². The zero-order valence-corrected chi connectivity index (χ0v) is 14.4. The number of anilines is 1. The van der Waals surface area contributed by atoms with Crippen LogP contribution < -0.4 is 4.90 Å². The summed E-state index contributed by atoms with van der Waals surface area (Å²) in [5.74, 6) is 1.97. The van der Waals surface area contributed by atoms with Gasteiger partial charge in [0.05, 0.1) is 5.88 Å². The minimum absolute atomic E-state index is 0.530. The average Bonchev–Trinajstić information content (AvgIpc) is 2.38. The molecule has 0 aliphatic rings. The van der Waals surface area contributed by atoms with Crippen LogP contribution in [0.25, 0.3) is 0 Å². The summed E-state index contributed by atoms with van der Waals surface area (Å²) >= 11 is 6.09. The van der Waals surface area contributed by atoms with E-state index in [-0.39, 0.29) is 0 Å². The largest absolute Gasteiger partial charge is 0.371 e.